The van der Waals surface area contributed by atoms with E-state index in [2.05, 4.69) is 46.4 Å². The molecule has 0 saturated carbocycles. The zero-order chi connectivity index (χ0) is 11.4. The molecule has 0 aliphatic rings. The molecule has 0 saturated heterocycles. The van der Waals surface area contributed by atoms with Gasteiger partial charge >= 0.3 is 0 Å². The van der Waals surface area contributed by atoms with Crippen LogP contribution >= 0.6 is 11.3 Å². The molecule has 0 bridgehead atoms. The van der Waals surface area contributed by atoms with Crippen LogP contribution in [0.2, 0.25) is 0 Å². The lowest BCUT2D eigenvalue weighted by molar-refractivity contribution is 0.769. The Bertz CT molecular complexity index is 369. The normalized spacial score (nSPS) is 14.0. The Kier molecular flexibility index (Phi) is 4.34. The van der Waals surface area contributed by atoms with E-state index in [1.807, 2.05) is 17.4 Å². The molecular formula is C14H20S. The Morgan fingerprint density at radius 2 is 2.20 bits per heavy atom. The van der Waals surface area contributed by atoms with Crippen LogP contribution < -0.4 is 0 Å². The number of aryl methyl sites for hydroxylation is 2. The van der Waals surface area contributed by atoms with Crippen molar-refractivity contribution in [2.75, 3.05) is 0 Å². The smallest absolute Gasteiger partial charge is 0.0149 e. The van der Waals surface area contributed by atoms with Crippen LogP contribution in [0.1, 0.15) is 41.5 Å². The second-order valence-corrected chi connectivity index (χ2v) is 5.30. The highest BCUT2D eigenvalue weighted by atomic mass is 32.1. The highest BCUT2D eigenvalue weighted by Crippen LogP contribution is 2.35. The van der Waals surface area contributed by atoms with E-state index in [-0.39, 0.29) is 0 Å². The lowest BCUT2D eigenvalue weighted by Gasteiger charge is -2.15. The summed E-state index contributed by atoms with van der Waals surface area (Å²) in [6.45, 7) is 12.6. The number of hydrogen-bond acceptors (Lipinski definition) is 1. The fourth-order valence-corrected chi connectivity index (χ4v) is 3.32. The Morgan fingerprint density at radius 1 is 1.53 bits per heavy atom. The molecule has 0 fully saturated rings. The maximum absolute atomic E-state index is 3.77. The minimum Gasteiger partial charge on any atom is -0.145 e. The topological polar surface area (TPSA) is 0 Å². The van der Waals surface area contributed by atoms with Crippen LogP contribution in [-0.4, -0.2) is 0 Å². The predicted octanol–water partition coefficient (Wildman–Crippen LogP) is 4.99. The average molecular weight is 220 g/mol. The van der Waals surface area contributed by atoms with Crippen molar-refractivity contribution in [3.05, 3.63) is 45.7 Å². The van der Waals surface area contributed by atoms with Crippen LogP contribution in [0, 0.1) is 13.8 Å². The molecule has 1 rings (SSSR count). The van der Waals surface area contributed by atoms with Crippen molar-refractivity contribution in [3.8, 4) is 0 Å². The van der Waals surface area contributed by atoms with E-state index in [0.29, 0.717) is 5.92 Å². The van der Waals surface area contributed by atoms with E-state index >= 15 is 0 Å². The van der Waals surface area contributed by atoms with Gasteiger partial charge in [0.25, 0.3) is 0 Å². The first kappa shape index (κ1) is 12.3. The van der Waals surface area contributed by atoms with E-state index in [1.54, 1.807) is 0 Å². The van der Waals surface area contributed by atoms with Gasteiger partial charge in [-0.2, -0.15) is 0 Å². The van der Waals surface area contributed by atoms with Crippen LogP contribution in [0.15, 0.2) is 30.4 Å². The van der Waals surface area contributed by atoms with Crippen molar-refractivity contribution < 1.29 is 0 Å². The molecule has 0 nitrogen and oxygen atoms in total. The minimum atomic E-state index is 0.571. The van der Waals surface area contributed by atoms with Gasteiger partial charge < -0.3 is 0 Å². The first-order valence-corrected chi connectivity index (χ1v) is 6.28. The first-order chi connectivity index (χ1) is 7.10. The highest BCUT2D eigenvalue weighted by molar-refractivity contribution is 7.12. The molecule has 0 aliphatic carbocycles. The Labute approximate surface area is 97.3 Å². The van der Waals surface area contributed by atoms with Gasteiger partial charge in [0, 0.05) is 15.7 Å². The summed E-state index contributed by atoms with van der Waals surface area (Å²) in [5, 5.41) is 0. The van der Waals surface area contributed by atoms with Crippen LogP contribution in [0.5, 0.6) is 0 Å². The number of thiophene rings is 1. The second-order valence-electron chi connectivity index (χ2n) is 4.01. The zero-order valence-corrected chi connectivity index (χ0v) is 10.9. The molecule has 15 heavy (non-hydrogen) atoms. The Balaban J connectivity index is 3.07. The first-order valence-electron chi connectivity index (χ1n) is 5.46. The van der Waals surface area contributed by atoms with Crippen molar-refractivity contribution >= 4 is 11.3 Å². The summed E-state index contributed by atoms with van der Waals surface area (Å²) in [6, 6.07) is 2.28. The van der Waals surface area contributed by atoms with E-state index in [4.69, 9.17) is 0 Å². The number of hydrogen-bond donors (Lipinski definition) is 0. The van der Waals surface area contributed by atoms with Gasteiger partial charge in [-0.15, -0.1) is 11.3 Å². The maximum atomic E-state index is 3.77. The van der Waals surface area contributed by atoms with Gasteiger partial charge in [0.2, 0.25) is 0 Å². The molecule has 1 aromatic heterocycles. The lowest BCUT2D eigenvalue weighted by Crippen LogP contribution is -1.97. The summed E-state index contributed by atoms with van der Waals surface area (Å²) in [6.07, 6.45) is 5.17. The molecule has 0 aliphatic heterocycles. The van der Waals surface area contributed by atoms with E-state index < -0.39 is 0 Å². The Morgan fingerprint density at radius 3 is 2.60 bits per heavy atom. The molecule has 1 heteroatoms. The fraction of sp³-hybridized carbons (Fsp3) is 0.429. The van der Waals surface area contributed by atoms with Crippen molar-refractivity contribution in [2.24, 2.45) is 0 Å². The van der Waals surface area contributed by atoms with Crippen molar-refractivity contribution in [3.63, 3.8) is 0 Å². The summed E-state index contributed by atoms with van der Waals surface area (Å²) < 4.78 is 0. The number of rotatable bonds is 4. The van der Waals surface area contributed by atoms with Crippen LogP contribution in [0.4, 0.5) is 0 Å². The van der Waals surface area contributed by atoms with Gasteiger partial charge in [-0.05, 0) is 38.8 Å². The van der Waals surface area contributed by atoms with E-state index in [9.17, 15) is 0 Å². The van der Waals surface area contributed by atoms with E-state index in [0.717, 1.165) is 6.42 Å². The second kappa shape index (κ2) is 5.32. The van der Waals surface area contributed by atoms with Gasteiger partial charge in [-0.1, -0.05) is 31.2 Å². The largest absolute Gasteiger partial charge is 0.145 e. The third-order valence-corrected chi connectivity index (χ3v) is 4.00. The van der Waals surface area contributed by atoms with Crippen LogP contribution in [0.3, 0.4) is 0 Å². The third-order valence-electron chi connectivity index (χ3n) is 2.73. The molecule has 1 aromatic rings. The molecule has 0 spiro atoms. The summed E-state index contributed by atoms with van der Waals surface area (Å²) in [5.41, 5.74) is 2.85. The molecule has 1 atom stereocenters. The van der Waals surface area contributed by atoms with Gasteiger partial charge in [-0.3, -0.25) is 0 Å². The Hall–Kier alpha value is -0.820. The highest BCUT2D eigenvalue weighted by Gasteiger charge is 2.15. The molecule has 82 valence electrons. The van der Waals surface area contributed by atoms with Crippen molar-refractivity contribution in [2.45, 2.75) is 40.0 Å². The molecule has 0 aromatic carbocycles. The van der Waals surface area contributed by atoms with Crippen molar-refractivity contribution in [1.29, 1.82) is 0 Å². The van der Waals surface area contributed by atoms with Gasteiger partial charge in [0.05, 0.1) is 0 Å². The SMILES string of the molecule is C=CC=C(C)C(CC)c1sc(C)cc1C. The lowest BCUT2D eigenvalue weighted by atomic mass is 9.93. The molecule has 1 unspecified atom stereocenters. The van der Waals surface area contributed by atoms with Gasteiger partial charge in [0.15, 0.2) is 0 Å². The summed E-state index contributed by atoms with van der Waals surface area (Å²) in [4.78, 5) is 2.93. The zero-order valence-electron chi connectivity index (χ0n) is 10.1. The van der Waals surface area contributed by atoms with Crippen LogP contribution in [-0.2, 0) is 0 Å². The molecule has 1 heterocycles. The van der Waals surface area contributed by atoms with Gasteiger partial charge in [0.1, 0.15) is 0 Å². The summed E-state index contributed by atoms with van der Waals surface area (Å²) in [7, 11) is 0. The van der Waals surface area contributed by atoms with Crippen molar-refractivity contribution in [1.82, 2.24) is 0 Å². The van der Waals surface area contributed by atoms with Crippen LogP contribution in [0.25, 0.3) is 0 Å². The quantitative estimate of drug-likeness (QED) is 0.627. The molecule has 0 radical (unpaired) electrons. The monoisotopic (exact) mass is 220 g/mol. The molecule has 0 N–H and O–H groups in total. The fourth-order valence-electron chi connectivity index (χ4n) is 2.02. The average Bonchev–Trinajstić information content (AvgIpc) is 2.47. The number of allylic oxidation sites excluding steroid dienone is 3. The van der Waals surface area contributed by atoms with Gasteiger partial charge in [-0.25, -0.2) is 0 Å². The standard InChI is InChI=1S/C14H20S/c1-6-8-10(3)13(7-2)14-11(4)9-12(5)15-14/h6,8-9,13H,1,7H2,2-5H3. The maximum Gasteiger partial charge on any atom is 0.0149 e. The third kappa shape index (κ3) is 2.82. The summed E-state index contributed by atoms with van der Waals surface area (Å²) in [5.74, 6) is 0.571. The predicted molar refractivity (Wildman–Crippen MR) is 70.8 cm³/mol. The summed E-state index contributed by atoms with van der Waals surface area (Å²) >= 11 is 1.93. The molecule has 0 amide bonds. The van der Waals surface area contributed by atoms with E-state index in [1.165, 1.54) is 20.9 Å². The minimum absolute atomic E-state index is 0.571. The molecular weight excluding hydrogens is 200 g/mol.